The number of hydrogen-bond acceptors (Lipinski definition) is 7. The number of rotatable bonds is 7. The van der Waals surface area contributed by atoms with Gasteiger partial charge in [-0.1, -0.05) is 30.3 Å². The van der Waals surface area contributed by atoms with Crippen LogP contribution < -0.4 is 4.74 Å². The molecule has 0 amide bonds. The second-order valence-corrected chi connectivity index (χ2v) is 8.67. The summed E-state index contributed by atoms with van der Waals surface area (Å²) in [4.78, 5) is 28.1. The van der Waals surface area contributed by atoms with Crippen LogP contribution in [0, 0.1) is 11.2 Å². The molecule has 2 N–H and O–H groups in total. The van der Waals surface area contributed by atoms with E-state index in [0.29, 0.717) is 35.1 Å². The van der Waals surface area contributed by atoms with Crippen molar-refractivity contribution in [2.24, 2.45) is 5.41 Å². The van der Waals surface area contributed by atoms with Gasteiger partial charge in [-0.25, -0.2) is 14.4 Å². The molecule has 10 heteroatoms. The Labute approximate surface area is 205 Å². The molecule has 4 aromatic rings. The van der Waals surface area contributed by atoms with Gasteiger partial charge in [0.05, 0.1) is 30.3 Å². The summed E-state index contributed by atoms with van der Waals surface area (Å²) < 4.78 is 30.8. The number of benzene rings is 2. The fourth-order valence-electron chi connectivity index (χ4n) is 3.67. The zero-order chi connectivity index (χ0) is 25.1. The molecule has 1 aliphatic rings. The van der Waals surface area contributed by atoms with E-state index in [-0.39, 0.29) is 25.0 Å². The van der Waals surface area contributed by atoms with E-state index >= 15 is 0 Å². The first-order chi connectivity index (χ1) is 17.4. The molecule has 3 heterocycles. The van der Waals surface area contributed by atoms with Crippen molar-refractivity contribution >= 4 is 5.97 Å². The first-order valence-corrected chi connectivity index (χ1v) is 11.2. The van der Waals surface area contributed by atoms with Crippen LogP contribution in [0.15, 0.2) is 66.9 Å². The Morgan fingerprint density at radius 3 is 2.53 bits per heavy atom. The van der Waals surface area contributed by atoms with Crippen molar-refractivity contribution in [2.45, 2.75) is 19.8 Å². The third-order valence-corrected chi connectivity index (χ3v) is 5.79. The van der Waals surface area contributed by atoms with E-state index in [4.69, 9.17) is 14.2 Å². The summed E-state index contributed by atoms with van der Waals surface area (Å²) in [7, 11) is 0. The number of carboxylic acids is 1. The van der Waals surface area contributed by atoms with Gasteiger partial charge in [0.25, 0.3) is 0 Å². The van der Waals surface area contributed by atoms with Crippen molar-refractivity contribution in [2.75, 3.05) is 13.2 Å². The highest BCUT2D eigenvalue weighted by atomic mass is 19.1. The van der Waals surface area contributed by atoms with Gasteiger partial charge in [0.2, 0.25) is 6.29 Å². The predicted molar refractivity (Wildman–Crippen MR) is 126 cm³/mol. The number of imidazole rings is 1. The summed E-state index contributed by atoms with van der Waals surface area (Å²) >= 11 is 0. The van der Waals surface area contributed by atoms with Gasteiger partial charge in [-0.3, -0.25) is 4.79 Å². The molecule has 1 saturated heterocycles. The molecule has 5 rings (SSSR count). The molecule has 0 aliphatic carbocycles. The van der Waals surface area contributed by atoms with Crippen LogP contribution in [0.5, 0.6) is 6.01 Å². The van der Waals surface area contributed by atoms with E-state index in [1.165, 1.54) is 12.1 Å². The van der Waals surface area contributed by atoms with Crippen molar-refractivity contribution in [1.82, 2.24) is 19.9 Å². The van der Waals surface area contributed by atoms with Crippen LogP contribution in [0.25, 0.3) is 22.6 Å². The van der Waals surface area contributed by atoms with Crippen LogP contribution in [-0.2, 0) is 20.9 Å². The Balaban J connectivity index is 1.46. The number of hydrogen-bond donors (Lipinski definition) is 2. The molecular formula is C26H23FN4O5. The number of ether oxygens (including phenoxy) is 3. The average molecular weight is 490 g/mol. The molecule has 9 nitrogen and oxygen atoms in total. The second kappa shape index (κ2) is 9.84. The van der Waals surface area contributed by atoms with Gasteiger partial charge in [-0.05, 0) is 42.8 Å². The maximum atomic E-state index is 13.6. The van der Waals surface area contributed by atoms with Crippen LogP contribution in [-0.4, -0.2) is 44.2 Å². The first kappa shape index (κ1) is 23.6. The monoisotopic (exact) mass is 490 g/mol. The van der Waals surface area contributed by atoms with Crippen LogP contribution in [0.4, 0.5) is 4.39 Å². The molecular weight excluding hydrogens is 467 g/mol. The van der Waals surface area contributed by atoms with Crippen molar-refractivity contribution in [3.05, 3.63) is 84.1 Å². The highest BCUT2D eigenvalue weighted by Gasteiger charge is 2.41. The van der Waals surface area contributed by atoms with E-state index in [1.54, 1.807) is 31.3 Å². The number of H-pyrrole nitrogens is 1. The Bertz CT molecular complexity index is 1350. The minimum Gasteiger partial charge on any atom is -0.481 e. The van der Waals surface area contributed by atoms with Crippen LogP contribution >= 0.6 is 0 Å². The van der Waals surface area contributed by atoms with Crippen LogP contribution in [0.3, 0.4) is 0 Å². The second-order valence-electron chi connectivity index (χ2n) is 8.67. The van der Waals surface area contributed by atoms with E-state index < -0.39 is 17.7 Å². The standard InChI is InChI=1S/C26H23FN4O5/c1-26(24(32)33)14-35-23(36-15-26)22-30-20(17-7-9-18(27)10-8-17)21(31-22)19-11-12-28-25(29-19)34-13-16-5-3-2-4-6-16/h2-12,23H,13-15H2,1H3,(H,30,31)(H,32,33). The molecule has 36 heavy (non-hydrogen) atoms. The van der Waals surface area contributed by atoms with Gasteiger partial charge in [-0.2, -0.15) is 4.98 Å². The third-order valence-electron chi connectivity index (χ3n) is 5.79. The number of halogens is 1. The molecule has 1 aliphatic heterocycles. The molecule has 2 aromatic carbocycles. The predicted octanol–water partition coefficient (Wildman–Crippen LogP) is 4.39. The van der Waals surface area contributed by atoms with Crippen molar-refractivity contribution in [3.8, 4) is 28.7 Å². The number of nitrogens with one attached hydrogen (secondary N) is 1. The molecule has 0 spiro atoms. The summed E-state index contributed by atoms with van der Waals surface area (Å²) in [5.41, 5.74) is 1.99. The molecule has 2 aromatic heterocycles. The molecule has 0 unspecified atom stereocenters. The Morgan fingerprint density at radius 2 is 1.83 bits per heavy atom. The lowest BCUT2D eigenvalue weighted by atomic mass is 9.92. The lowest BCUT2D eigenvalue weighted by molar-refractivity contribution is -0.236. The van der Waals surface area contributed by atoms with E-state index in [9.17, 15) is 14.3 Å². The summed E-state index contributed by atoms with van der Waals surface area (Å²) in [5.74, 6) is -1.04. The number of aromatic amines is 1. The molecule has 0 radical (unpaired) electrons. The SMILES string of the molecule is CC1(C(=O)O)COC(c2nc(-c3ccc(F)cc3)c(-c3ccnc(OCc4ccccc4)n3)[nH]2)OC1. The van der Waals surface area contributed by atoms with Crippen molar-refractivity contribution in [1.29, 1.82) is 0 Å². The Morgan fingerprint density at radius 1 is 1.11 bits per heavy atom. The number of aliphatic carboxylic acids is 1. The lowest BCUT2D eigenvalue weighted by Gasteiger charge is -2.33. The molecule has 1 fully saturated rings. The van der Waals surface area contributed by atoms with Gasteiger partial charge in [0.1, 0.15) is 17.8 Å². The minimum atomic E-state index is -1.15. The van der Waals surface area contributed by atoms with Gasteiger partial charge in [-0.15, -0.1) is 0 Å². The van der Waals surface area contributed by atoms with Gasteiger partial charge < -0.3 is 24.3 Å². The average Bonchev–Trinajstić information content (AvgIpc) is 3.34. The van der Waals surface area contributed by atoms with Gasteiger partial charge in [0.15, 0.2) is 5.82 Å². The quantitative estimate of drug-likeness (QED) is 0.392. The highest BCUT2D eigenvalue weighted by molar-refractivity contribution is 5.77. The number of carbonyl (C=O) groups is 1. The molecule has 184 valence electrons. The zero-order valence-corrected chi connectivity index (χ0v) is 19.3. The number of carboxylic acid groups (broad SMARTS) is 1. The summed E-state index contributed by atoms with van der Waals surface area (Å²) in [5, 5.41) is 9.42. The smallest absolute Gasteiger partial charge is 0.317 e. The molecule has 0 atom stereocenters. The number of aromatic nitrogens is 4. The van der Waals surface area contributed by atoms with E-state index in [2.05, 4.69) is 19.9 Å². The molecule has 0 bridgehead atoms. The largest absolute Gasteiger partial charge is 0.481 e. The minimum absolute atomic E-state index is 0.0418. The van der Waals surface area contributed by atoms with Crippen LogP contribution in [0.1, 0.15) is 24.6 Å². The highest BCUT2D eigenvalue weighted by Crippen LogP contribution is 2.35. The zero-order valence-electron chi connectivity index (χ0n) is 19.3. The van der Waals surface area contributed by atoms with Crippen LogP contribution in [0.2, 0.25) is 0 Å². The Hall–Kier alpha value is -4.15. The number of nitrogens with zero attached hydrogens (tertiary/aromatic N) is 3. The summed E-state index contributed by atoms with van der Waals surface area (Å²) in [6.07, 6.45) is 0.671. The summed E-state index contributed by atoms with van der Waals surface area (Å²) in [6, 6.07) is 17.4. The fourth-order valence-corrected chi connectivity index (χ4v) is 3.67. The third kappa shape index (κ3) is 4.95. The first-order valence-electron chi connectivity index (χ1n) is 11.2. The maximum absolute atomic E-state index is 13.6. The normalized spacial score (nSPS) is 19.7. The maximum Gasteiger partial charge on any atom is 0.317 e. The van der Waals surface area contributed by atoms with Gasteiger partial charge >= 0.3 is 12.0 Å². The molecule has 0 saturated carbocycles. The lowest BCUT2D eigenvalue weighted by Crippen LogP contribution is -2.42. The van der Waals surface area contributed by atoms with Crippen molar-refractivity contribution < 1.29 is 28.5 Å². The fraction of sp³-hybridized carbons (Fsp3) is 0.231. The Kier molecular flexibility index (Phi) is 6.45. The van der Waals surface area contributed by atoms with E-state index in [1.807, 2.05) is 30.3 Å². The van der Waals surface area contributed by atoms with Gasteiger partial charge in [0, 0.05) is 11.8 Å². The van der Waals surface area contributed by atoms with E-state index in [0.717, 1.165) is 5.56 Å². The topological polar surface area (TPSA) is 119 Å². The summed E-state index contributed by atoms with van der Waals surface area (Å²) in [6.45, 7) is 1.77. The van der Waals surface area contributed by atoms with Crippen molar-refractivity contribution in [3.63, 3.8) is 0 Å².